The first-order chi connectivity index (χ1) is 13.0. The third kappa shape index (κ3) is 57.7. The minimum absolute atomic E-state index is 0. The normalized spacial score (nSPS) is 8.20. The Hall–Kier alpha value is 3.15. The predicted octanol–water partition coefficient (Wildman–Crippen LogP) is 5.27. The summed E-state index contributed by atoms with van der Waals surface area (Å²) in [6.45, 7) is 8.40. The standard InChI is InChI=1S/C7H12O4.C4H6O3.C3H6O.5HI.3V/c1-5(8)11-7(2,3)6(9)10-4;1-3(5)4(6)7-2;1-3(2)4;;;;;;;;/h1-4H3;1-2H3;1-2H3;5*1H;;;/q;;;;;;;;;+2;+3/p-5. The van der Waals surface area contributed by atoms with Crippen LogP contribution in [0, 0.1) is 0 Å². The Bertz CT molecular complexity index is 487. The molecule has 0 aliphatic rings. The van der Waals surface area contributed by atoms with E-state index < -0.39 is 29.3 Å². The summed E-state index contributed by atoms with van der Waals surface area (Å²) in [4.78, 5) is 50.3. The smallest absolute Gasteiger partial charge is 0 e. The van der Waals surface area contributed by atoms with Crippen molar-refractivity contribution in [2.45, 2.75) is 47.1 Å². The fourth-order valence-electron chi connectivity index (χ4n) is 0.791. The molecule has 0 saturated heterocycles. The first-order valence-corrected chi connectivity index (χ1v) is 29.5. The van der Waals surface area contributed by atoms with E-state index >= 15 is 0 Å². The van der Waals surface area contributed by atoms with Gasteiger partial charge in [0, 0.05) is 32.4 Å². The number of hydrogen-bond acceptors (Lipinski definition) is 8. The average Bonchev–Trinajstić information content (AvgIpc) is 2.52. The molecular formula is C14H24I5O8V3. The Morgan fingerprint density at radius 2 is 1.10 bits per heavy atom. The average molecular weight is 1110 g/mol. The molecule has 0 saturated carbocycles. The van der Waals surface area contributed by atoms with Gasteiger partial charge in [0.25, 0.3) is 0 Å². The maximum Gasteiger partial charge on any atom is 0 e. The molecule has 0 unspecified atom stereocenters. The molecule has 8 nitrogen and oxygen atoms in total. The van der Waals surface area contributed by atoms with Crippen LogP contribution in [-0.2, 0) is 71.1 Å². The van der Waals surface area contributed by atoms with E-state index in [-0.39, 0.29) is 29.3 Å². The molecule has 1 radical (unpaired) electrons. The molecule has 0 N–H and O–H groups in total. The summed E-state index contributed by atoms with van der Waals surface area (Å²) in [7, 11) is 3.04. The Morgan fingerprint density at radius 1 is 0.833 bits per heavy atom. The molecule has 0 aliphatic heterocycles. The van der Waals surface area contributed by atoms with Gasteiger partial charge in [-0.25, -0.2) is 9.59 Å². The molecule has 0 rings (SSSR count). The van der Waals surface area contributed by atoms with E-state index in [2.05, 4.69) is 114 Å². The molecule has 0 spiro atoms. The zero-order valence-electron chi connectivity index (χ0n) is 17.5. The second-order valence-electron chi connectivity index (χ2n) is 4.81. The molecule has 16 heteroatoms. The summed E-state index contributed by atoms with van der Waals surface area (Å²) in [6, 6.07) is 0. The minimum Gasteiger partial charge on any atom is 0 e. The number of carbonyl (C=O) groups is 5. The van der Waals surface area contributed by atoms with E-state index in [1.54, 1.807) is 0 Å². The van der Waals surface area contributed by atoms with Gasteiger partial charge in [-0.05, 0) is 27.7 Å². The number of ether oxygens (including phenoxy) is 3. The number of rotatable bonds is 3. The van der Waals surface area contributed by atoms with Crippen molar-refractivity contribution in [2.75, 3.05) is 14.2 Å². The quantitative estimate of drug-likeness (QED) is 0.163. The number of ketones is 2. The summed E-state index contributed by atoms with van der Waals surface area (Å²) in [5.74, 6) is -2.25. The van der Waals surface area contributed by atoms with Crippen molar-refractivity contribution in [1.29, 1.82) is 0 Å². The molecular weight excluding hydrogens is 1080 g/mol. The zero-order chi connectivity index (χ0) is 24.8. The van der Waals surface area contributed by atoms with Crippen molar-refractivity contribution in [3.8, 4) is 0 Å². The fraction of sp³-hybridized carbons (Fsp3) is 0.643. The number of halogens is 5. The summed E-state index contributed by atoms with van der Waals surface area (Å²) >= 11 is 12.1. The third-order valence-electron chi connectivity index (χ3n) is 1.55. The van der Waals surface area contributed by atoms with Crippen LogP contribution in [-0.4, -0.2) is 49.3 Å². The van der Waals surface area contributed by atoms with E-state index in [4.69, 9.17) is 0 Å². The van der Waals surface area contributed by atoms with Crippen molar-refractivity contribution in [1.82, 2.24) is 0 Å². The van der Waals surface area contributed by atoms with Crippen LogP contribution in [0.15, 0.2) is 0 Å². The third-order valence-corrected chi connectivity index (χ3v) is 1.55. The Balaban J connectivity index is -0.0000000655. The molecule has 0 aromatic carbocycles. The molecule has 0 aromatic heterocycles. The van der Waals surface area contributed by atoms with Gasteiger partial charge < -0.3 is 19.0 Å². The van der Waals surface area contributed by atoms with E-state index in [9.17, 15) is 24.0 Å². The summed E-state index contributed by atoms with van der Waals surface area (Å²) in [5, 5.41) is 0. The summed E-state index contributed by atoms with van der Waals surface area (Å²) in [5.41, 5.74) is -1.18. The molecule has 30 heavy (non-hydrogen) atoms. The maximum atomic E-state index is 10.9. The number of Topliss-reactive ketones (excluding diaryl/α,β-unsaturated/α-hetero) is 2. The van der Waals surface area contributed by atoms with Gasteiger partial charge in [-0.1, -0.05) is 0 Å². The maximum absolute atomic E-state index is 10.9. The molecule has 0 aliphatic carbocycles. The number of hydrogen-bond donors (Lipinski definition) is 0. The van der Waals surface area contributed by atoms with E-state index in [1.807, 2.05) is 0 Å². The predicted molar refractivity (Wildman–Crippen MR) is 147 cm³/mol. The molecule has 178 valence electrons. The van der Waals surface area contributed by atoms with Gasteiger partial charge in [-0.2, -0.15) is 0 Å². The summed E-state index contributed by atoms with van der Waals surface area (Å²) < 4.78 is 13.1. The van der Waals surface area contributed by atoms with Gasteiger partial charge in [0.15, 0.2) is 0 Å². The molecule has 0 atom stereocenters. The second kappa shape index (κ2) is 32.2. The molecule has 0 amide bonds. The van der Waals surface area contributed by atoms with Crippen molar-refractivity contribution < 1.29 is 71.1 Å². The van der Waals surface area contributed by atoms with E-state index in [0.717, 1.165) is 6.92 Å². The van der Waals surface area contributed by atoms with Crippen LogP contribution in [0.4, 0.5) is 0 Å². The zero-order valence-corrected chi connectivity index (χ0v) is 32.5. The van der Waals surface area contributed by atoms with Crippen LogP contribution in [0.3, 0.4) is 0 Å². The van der Waals surface area contributed by atoms with Gasteiger partial charge >= 0.3 is 132 Å². The van der Waals surface area contributed by atoms with Crippen molar-refractivity contribution in [3.63, 3.8) is 0 Å². The molecule has 0 aromatic rings. The van der Waals surface area contributed by atoms with E-state index in [0.29, 0.717) is 9.47 Å². The molecule has 0 bridgehead atoms. The van der Waals surface area contributed by atoms with Crippen LogP contribution in [0.2, 0.25) is 0 Å². The Kier molecular flexibility index (Phi) is 49.8. The van der Waals surface area contributed by atoms with Gasteiger partial charge in [-0.15, -0.1) is 0 Å². The van der Waals surface area contributed by atoms with Gasteiger partial charge in [0.2, 0.25) is 11.4 Å². The van der Waals surface area contributed by atoms with Crippen LogP contribution < -0.4 is 0 Å². The monoisotopic (exact) mass is 1110 g/mol. The molecule has 0 heterocycles. The number of methoxy groups -OCH3 is 2. The second-order valence-corrected chi connectivity index (χ2v) is 52.0. The van der Waals surface area contributed by atoms with Gasteiger partial charge in [0.1, 0.15) is 5.78 Å². The SMILES string of the molecule is CC(C)=O.COC(=O)C(C)(C)OC(C)=O.COC(=O)C(C)=O.[I][V]([I])[I].[I][V][I].[V]. The van der Waals surface area contributed by atoms with Crippen LogP contribution >= 0.6 is 99.9 Å². The number of carbonyl (C=O) groups excluding carboxylic acids is 5. The first kappa shape index (κ1) is 46.5. The van der Waals surface area contributed by atoms with E-state index in [1.165, 1.54) is 48.8 Å². The van der Waals surface area contributed by atoms with Gasteiger partial charge in [0.05, 0.1) is 14.2 Å². The van der Waals surface area contributed by atoms with Crippen molar-refractivity contribution in [2.24, 2.45) is 0 Å². The largest absolute Gasteiger partial charge is 0 e. The van der Waals surface area contributed by atoms with Crippen LogP contribution in [0.5, 0.6) is 0 Å². The molecule has 0 fully saturated rings. The van der Waals surface area contributed by atoms with Crippen molar-refractivity contribution >= 4 is 129 Å². The van der Waals surface area contributed by atoms with Crippen LogP contribution in [0.25, 0.3) is 0 Å². The number of esters is 3. The topological polar surface area (TPSA) is 113 Å². The Labute approximate surface area is 257 Å². The fourth-order valence-corrected chi connectivity index (χ4v) is 0.791. The van der Waals surface area contributed by atoms with Crippen molar-refractivity contribution in [3.05, 3.63) is 0 Å². The van der Waals surface area contributed by atoms with Crippen LogP contribution in [0.1, 0.15) is 41.5 Å². The Morgan fingerprint density at radius 3 is 1.20 bits per heavy atom. The first-order valence-electron chi connectivity index (χ1n) is 7.00. The summed E-state index contributed by atoms with van der Waals surface area (Å²) in [6.07, 6.45) is 0. The minimum atomic E-state index is -1.18. The van der Waals surface area contributed by atoms with Gasteiger partial charge in [-0.3, -0.25) is 9.59 Å².